The first kappa shape index (κ1) is 75.7. The summed E-state index contributed by atoms with van der Waals surface area (Å²) in [6.07, 6.45) is 12.2. The number of aliphatic hydroxyl groups is 2. The maximum Gasteiger partial charge on any atom is 0.405 e. The van der Waals surface area contributed by atoms with Gasteiger partial charge >= 0.3 is 12.2 Å². The van der Waals surface area contributed by atoms with Crippen LogP contribution in [0.1, 0.15) is 100 Å². The Morgan fingerprint density at radius 2 is 1.18 bits per heavy atom. The summed E-state index contributed by atoms with van der Waals surface area (Å²) in [6, 6.07) is 1.32. The lowest BCUT2D eigenvalue weighted by atomic mass is 9.85. The van der Waals surface area contributed by atoms with Gasteiger partial charge in [0.25, 0.3) is 11.8 Å². The van der Waals surface area contributed by atoms with Crippen LogP contribution in [0.5, 0.6) is 11.5 Å². The van der Waals surface area contributed by atoms with Crippen LogP contribution in [0.25, 0.3) is 0 Å². The number of phenols is 2. The molecule has 0 saturated heterocycles. The number of Topliss-reactive ketones (excluding diaryl/α,β-unsaturated/α-hetero) is 1. The van der Waals surface area contributed by atoms with Gasteiger partial charge in [0.15, 0.2) is 11.4 Å². The molecule has 4 amide bonds. The molecule has 22 heteroatoms. The molecule has 2 heterocycles. The summed E-state index contributed by atoms with van der Waals surface area (Å²) in [5, 5.41) is 54.7. The van der Waals surface area contributed by atoms with Crippen LogP contribution >= 0.6 is 0 Å². The van der Waals surface area contributed by atoms with Crippen molar-refractivity contribution in [1.29, 1.82) is 0 Å². The van der Waals surface area contributed by atoms with Crippen LogP contribution < -0.4 is 32.7 Å². The van der Waals surface area contributed by atoms with E-state index in [4.69, 9.17) is 39.9 Å². The quantitative estimate of drug-likeness (QED) is 0.0335. The van der Waals surface area contributed by atoms with Crippen molar-refractivity contribution in [2.45, 2.75) is 150 Å². The van der Waals surface area contributed by atoms with Crippen molar-refractivity contribution in [2.75, 3.05) is 46.8 Å². The molecule has 2 aliphatic heterocycles. The number of primary amides is 2. The molecule has 3 aliphatic rings. The van der Waals surface area contributed by atoms with Gasteiger partial charge in [0, 0.05) is 88.5 Å². The molecule has 12 atom stereocenters. The number of methoxy groups -OCH3 is 4. The topological polar surface area (TPSA) is 343 Å². The van der Waals surface area contributed by atoms with E-state index in [1.807, 2.05) is 33.8 Å². The van der Waals surface area contributed by atoms with Gasteiger partial charge in [-0.05, 0) is 82.4 Å². The van der Waals surface area contributed by atoms with Gasteiger partial charge in [-0.15, -0.1) is 6.58 Å². The number of phenolic OH excluding ortho intramolecular Hbond substituents is 2. The summed E-state index contributed by atoms with van der Waals surface area (Å²) in [4.78, 5) is 76.0. The van der Waals surface area contributed by atoms with E-state index in [-0.39, 0.29) is 90.7 Å². The number of allylic oxidation sites excluding steroid dienone is 6. The minimum Gasteiger partial charge on any atom is -0.505 e. The molecule has 13 N–H and O–H groups in total. The lowest BCUT2D eigenvalue weighted by Crippen LogP contribution is -2.78. The van der Waals surface area contributed by atoms with Crippen LogP contribution in [0.4, 0.5) is 21.0 Å². The van der Waals surface area contributed by atoms with E-state index in [2.05, 4.69) is 29.1 Å². The first-order chi connectivity index (χ1) is 40.6. The van der Waals surface area contributed by atoms with Crippen molar-refractivity contribution >= 4 is 46.9 Å². The zero-order chi connectivity index (χ0) is 64.5. The average molecular weight is 1220 g/mol. The molecule has 1 aromatic rings. The molecule has 0 aromatic heterocycles. The van der Waals surface area contributed by atoms with E-state index < -0.39 is 90.3 Å². The van der Waals surface area contributed by atoms with Crippen molar-refractivity contribution in [3.05, 3.63) is 131 Å². The first-order valence-corrected chi connectivity index (χ1v) is 28.6. The highest BCUT2D eigenvalue weighted by Crippen LogP contribution is 2.41. The summed E-state index contributed by atoms with van der Waals surface area (Å²) in [7, 11) is 6.02. The highest BCUT2D eigenvalue weighted by atomic mass is 16.6. The van der Waals surface area contributed by atoms with Crippen LogP contribution in [0.15, 0.2) is 125 Å². The number of carbonyl (C=O) groups is 6. The van der Waals surface area contributed by atoms with Crippen molar-refractivity contribution in [3.63, 3.8) is 0 Å². The van der Waals surface area contributed by atoms with Gasteiger partial charge in [0.1, 0.15) is 18.0 Å². The maximum absolute atomic E-state index is 13.6. The lowest BCUT2D eigenvalue weighted by Gasteiger charge is -2.29. The number of aromatic hydroxyl groups is 2. The summed E-state index contributed by atoms with van der Waals surface area (Å²) in [5.41, 5.74) is 13.9. The number of carbonyl (C=O) groups excluding carboxylic acids is 6. The maximum atomic E-state index is 13.6. The summed E-state index contributed by atoms with van der Waals surface area (Å²) in [6.45, 7) is 22.4. The zero-order valence-electron chi connectivity index (χ0n) is 51.8. The second-order valence-corrected chi connectivity index (χ2v) is 22.1. The highest BCUT2D eigenvalue weighted by Gasteiger charge is 2.34. The van der Waals surface area contributed by atoms with Crippen molar-refractivity contribution in [1.82, 2.24) is 10.6 Å². The fourth-order valence-electron chi connectivity index (χ4n) is 10.2. The number of ketones is 2. The Bertz CT molecular complexity index is 2830. The Balaban J connectivity index is 0.000000587. The van der Waals surface area contributed by atoms with Gasteiger partial charge in [-0.1, -0.05) is 96.4 Å². The second-order valence-electron chi connectivity index (χ2n) is 22.1. The zero-order valence-corrected chi connectivity index (χ0v) is 51.8. The van der Waals surface area contributed by atoms with Gasteiger partial charge in [-0.2, -0.15) is 0 Å². The number of hydrogen-bond acceptors (Lipinski definition) is 17. The fraction of sp³-hybridized carbons (Fsp3) is 0.508. The normalized spacial score (nSPS) is 30.0. The van der Waals surface area contributed by atoms with Crippen LogP contribution in [0.3, 0.4) is 0 Å². The molecule has 4 rings (SSSR count). The molecular formula is C65H97N6O16+. The van der Waals surface area contributed by atoms with Crippen molar-refractivity contribution in [2.24, 2.45) is 35.1 Å². The van der Waals surface area contributed by atoms with Gasteiger partial charge in [0.2, 0.25) is 11.6 Å². The number of nitrogens with two attached hydrogens (primary N) is 3. The lowest BCUT2D eigenvalue weighted by molar-refractivity contribution is -0.562. The minimum atomic E-state index is -0.945. The van der Waals surface area contributed by atoms with Gasteiger partial charge in [-0.3, -0.25) is 19.2 Å². The Morgan fingerprint density at radius 1 is 0.713 bits per heavy atom. The first-order valence-electron chi connectivity index (χ1n) is 28.6. The molecule has 0 radical (unpaired) electrons. The summed E-state index contributed by atoms with van der Waals surface area (Å²) < 4.78 is 33.2. The third-order valence-electron chi connectivity index (χ3n) is 15.1. The van der Waals surface area contributed by atoms with Gasteiger partial charge < -0.3 is 81.6 Å². The molecule has 0 unspecified atom stereocenters. The van der Waals surface area contributed by atoms with E-state index in [0.717, 1.165) is 6.08 Å². The number of ether oxygens (including phenoxy) is 6. The molecule has 0 spiro atoms. The van der Waals surface area contributed by atoms with Gasteiger partial charge in [-0.25, -0.2) is 9.59 Å². The number of nitrogens with one attached hydrogen (secondary N) is 3. The average Bonchev–Trinajstić information content (AvgIpc) is 1.55. The number of anilines is 1. The molecule has 482 valence electrons. The van der Waals surface area contributed by atoms with Crippen LogP contribution in [-0.2, 0) is 54.0 Å². The van der Waals surface area contributed by atoms with Crippen LogP contribution in [0, 0.1) is 23.7 Å². The Labute approximate surface area is 513 Å². The number of aliphatic hydroxyl groups excluding tert-OH is 2. The number of fused-ring (bicyclic) bond motifs is 4. The van der Waals surface area contributed by atoms with E-state index >= 15 is 0 Å². The summed E-state index contributed by atoms with van der Waals surface area (Å²) in [5.74, 6) is -3.27. The molecule has 87 heavy (non-hydrogen) atoms. The van der Waals surface area contributed by atoms with Gasteiger partial charge in [0.05, 0.1) is 65.8 Å². The van der Waals surface area contributed by atoms with Crippen molar-refractivity contribution in [3.8, 4) is 11.5 Å². The monoisotopic (exact) mass is 1220 g/mol. The Hall–Kier alpha value is -7.44. The van der Waals surface area contributed by atoms with Crippen molar-refractivity contribution < 1.29 is 82.9 Å². The SMILES string of the molecule is C.C=CCNC1=C2C[C@@H](C)C[C@H](OC)[C@H](O)[C@@H](C)/C=C(\C)[C@H](OC(N)=O)C[C@@H](OC)/C=C\C=C(/C)C(=O)NC(=CC1=O)C2=O.C=CC[NH2+]c1c(O)cc2c(O)c1C[C@@H](C)C[C@H](OC)[C@H](O)[C@@H](C)/C=C(\C)[C@H](OC(N)=O)C[C@@H](OC)/C=C\C=C(/C)C(=O)N2. The molecular weight excluding hydrogens is 1120 g/mol. The smallest absolute Gasteiger partial charge is 0.405 e. The fourth-order valence-corrected chi connectivity index (χ4v) is 10.2. The standard InChI is InChI=1S/C32H47N3O8.C32H45N3O8.CH4/c2*1-8-12-34-28-23-13-18(2)14-27(42-7)29(37)21(5)15-20(4)26(43-32(33)40)16-22(41-6)11-9-10-19(3)31(39)35-24(30(23)38)17-25(28)36;/h8-11,15,17-18,21-22,26-27,29,34,36-38H,1,12-14,16H2,2-7H3,(H2,33,40)(H,35,39);8-11,15,17-18,21-22,26-27,29,34,37H,1,12-14,16H2,2-7H3,(H2,33,40)(H,35,39);1H4/p+1/b2*11-9-,19-10+,20-15+;/t2*18-,21+,22+,26-,27+,29-;/m11./s1. The van der Waals surface area contributed by atoms with Crippen LogP contribution in [0.2, 0.25) is 0 Å². The number of amides is 4. The van der Waals surface area contributed by atoms with E-state index in [1.165, 1.54) is 34.5 Å². The number of benzene rings is 1. The predicted molar refractivity (Wildman–Crippen MR) is 334 cm³/mol. The third-order valence-corrected chi connectivity index (χ3v) is 15.1. The molecule has 1 aromatic carbocycles. The molecule has 0 saturated carbocycles. The van der Waals surface area contributed by atoms with Crippen LogP contribution in [-0.4, -0.2) is 146 Å². The number of hydrogen-bond donors (Lipinski definition) is 10. The molecule has 0 fully saturated rings. The minimum absolute atomic E-state index is 0. The predicted octanol–water partition coefficient (Wildman–Crippen LogP) is 6.89. The van der Waals surface area contributed by atoms with E-state index in [1.54, 1.807) is 87.7 Å². The third kappa shape index (κ3) is 23.3. The molecule has 1 aliphatic carbocycles. The summed E-state index contributed by atoms with van der Waals surface area (Å²) >= 11 is 0. The Kier molecular flexibility index (Phi) is 32.4. The largest absolute Gasteiger partial charge is 0.505 e. The Morgan fingerprint density at radius 3 is 1.62 bits per heavy atom. The highest BCUT2D eigenvalue weighted by molar-refractivity contribution is 6.23. The molecule has 4 bridgehead atoms. The number of quaternary nitrogens is 1. The number of rotatable bonds is 12. The van der Waals surface area contributed by atoms with E-state index in [9.17, 15) is 49.2 Å². The molecule has 22 nitrogen and oxygen atoms in total. The van der Waals surface area contributed by atoms with E-state index in [0.29, 0.717) is 53.8 Å². The second kappa shape index (κ2) is 37.3.